The average molecular weight is 342 g/mol. The Kier molecular flexibility index (Phi) is 4.27. The van der Waals surface area contributed by atoms with Crippen molar-refractivity contribution in [2.45, 2.75) is 6.92 Å². The lowest BCUT2D eigenvalue weighted by molar-refractivity contribution is 0.102. The van der Waals surface area contributed by atoms with Crippen molar-refractivity contribution in [1.82, 2.24) is 9.78 Å². The molecule has 0 saturated heterocycles. The third kappa shape index (κ3) is 3.12. The Labute approximate surface area is 144 Å². The molecule has 0 aliphatic carbocycles. The predicted octanol–water partition coefficient (Wildman–Crippen LogP) is 4.01. The smallest absolute Gasteiger partial charge is 0.257 e. The van der Waals surface area contributed by atoms with Crippen molar-refractivity contribution in [3.8, 4) is 17.0 Å². The van der Waals surface area contributed by atoms with Gasteiger partial charge >= 0.3 is 0 Å². The molecule has 0 fully saturated rings. The molecule has 0 aliphatic heterocycles. The van der Waals surface area contributed by atoms with Gasteiger partial charge in [-0.3, -0.25) is 9.48 Å². The van der Waals surface area contributed by atoms with Crippen LogP contribution in [0.15, 0.2) is 48.5 Å². The Morgan fingerprint density at radius 2 is 1.96 bits per heavy atom. The van der Waals surface area contributed by atoms with E-state index in [4.69, 9.17) is 11.6 Å². The van der Waals surface area contributed by atoms with Gasteiger partial charge in [0.05, 0.1) is 27.7 Å². The van der Waals surface area contributed by atoms with E-state index in [2.05, 4.69) is 10.4 Å². The van der Waals surface area contributed by atoms with Gasteiger partial charge in [0.1, 0.15) is 5.75 Å². The van der Waals surface area contributed by atoms with Crippen molar-refractivity contribution in [1.29, 1.82) is 0 Å². The highest BCUT2D eigenvalue weighted by atomic mass is 35.5. The summed E-state index contributed by atoms with van der Waals surface area (Å²) in [5.74, 6) is -0.396. The zero-order chi connectivity index (χ0) is 17.3. The number of nitrogens with one attached hydrogen (secondary N) is 1. The number of hydrogen-bond acceptors (Lipinski definition) is 3. The summed E-state index contributed by atoms with van der Waals surface area (Å²) in [7, 11) is 1.84. The Hall–Kier alpha value is -2.79. The second-order valence-corrected chi connectivity index (χ2v) is 5.87. The van der Waals surface area contributed by atoms with Crippen LogP contribution in [0.1, 0.15) is 16.1 Å². The number of hydrogen-bond donors (Lipinski definition) is 2. The van der Waals surface area contributed by atoms with Crippen LogP contribution < -0.4 is 5.32 Å². The van der Waals surface area contributed by atoms with Gasteiger partial charge in [-0.15, -0.1) is 0 Å². The average Bonchev–Trinajstić information content (AvgIpc) is 2.88. The topological polar surface area (TPSA) is 67.2 Å². The summed E-state index contributed by atoms with van der Waals surface area (Å²) >= 11 is 6.02. The maximum absolute atomic E-state index is 12.3. The molecule has 24 heavy (non-hydrogen) atoms. The van der Waals surface area contributed by atoms with E-state index in [0.717, 1.165) is 17.0 Å². The quantitative estimate of drug-likeness (QED) is 0.707. The molecule has 3 aromatic rings. The molecular formula is C18H16ClN3O2. The summed E-state index contributed by atoms with van der Waals surface area (Å²) < 4.78 is 1.74. The predicted molar refractivity (Wildman–Crippen MR) is 94.5 cm³/mol. The molecular weight excluding hydrogens is 326 g/mol. The Bertz CT molecular complexity index is 918. The fraction of sp³-hybridized carbons (Fsp3) is 0.111. The van der Waals surface area contributed by atoms with Crippen LogP contribution in [0.25, 0.3) is 11.3 Å². The number of nitrogens with zero attached hydrogens (tertiary/aromatic N) is 2. The van der Waals surface area contributed by atoms with Crippen molar-refractivity contribution in [2.75, 3.05) is 5.32 Å². The maximum Gasteiger partial charge on any atom is 0.257 e. The SMILES string of the molecule is Cc1cc(-c2ccc(NC(=O)c3ccccc3Cl)c(O)c2)n(C)n1. The number of phenolic OH excluding ortho intramolecular Hbond substituents is 1. The summed E-state index contributed by atoms with van der Waals surface area (Å²) in [6.45, 7) is 1.90. The molecule has 0 bridgehead atoms. The van der Waals surface area contributed by atoms with E-state index >= 15 is 0 Å². The summed E-state index contributed by atoms with van der Waals surface area (Å²) in [4.78, 5) is 12.3. The summed E-state index contributed by atoms with van der Waals surface area (Å²) in [6, 6.07) is 13.7. The number of phenols is 1. The van der Waals surface area contributed by atoms with Crippen molar-refractivity contribution < 1.29 is 9.90 Å². The molecule has 3 rings (SSSR count). The lowest BCUT2D eigenvalue weighted by Crippen LogP contribution is -2.12. The van der Waals surface area contributed by atoms with Crippen LogP contribution in [0.2, 0.25) is 5.02 Å². The summed E-state index contributed by atoms with van der Waals surface area (Å²) in [6.07, 6.45) is 0. The minimum atomic E-state index is -0.375. The lowest BCUT2D eigenvalue weighted by atomic mass is 10.1. The minimum Gasteiger partial charge on any atom is -0.506 e. The molecule has 0 saturated carbocycles. The van der Waals surface area contributed by atoms with Gasteiger partial charge in [-0.1, -0.05) is 29.8 Å². The highest BCUT2D eigenvalue weighted by molar-refractivity contribution is 6.34. The van der Waals surface area contributed by atoms with Gasteiger partial charge in [-0.25, -0.2) is 0 Å². The number of aromatic hydroxyl groups is 1. The molecule has 6 heteroatoms. The van der Waals surface area contributed by atoms with Gasteiger partial charge < -0.3 is 10.4 Å². The molecule has 1 amide bonds. The number of aromatic nitrogens is 2. The molecule has 0 unspecified atom stereocenters. The molecule has 2 aromatic carbocycles. The zero-order valence-electron chi connectivity index (χ0n) is 13.2. The highest BCUT2D eigenvalue weighted by Crippen LogP contribution is 2.30. The summed E-state index contributed by atoms with van der Waals surface area (Å²) in [5, 5.41) is 17.6. The highest BCUT2D eigenvalue weighted by Gasteiger charge is 2.13. The minimum absolute atomic E-state index is 0.0215. The number of benzene rings is 2. The van der Waals surface area contributed by atoms with E-state index in [-0.39, 0.29) is 11.7 Å². The van der Waals surface area contributed by atoms with Gasteiger partial charge in [-0.2, -0.15) is 5.10 Å². The third-order valence-corrected chi connectivity index (χ3v) is 3.99. The second-order valence-electron chi connectivity index (χ2n) is 5.46. The Morgan fingerprint density at radius 3 is 2.58 bits per heavy atom. The van der Waals surface area contributed by atoms with E-state index in [1.54, 1.807) is 41.1 Å². The number of aryl methyl sites for hydroxylation is 2. The normalized spacial score (nSPS) is 10.6. The fourth-order valence-electron chi connectivity index (χ4n) is 2.51. The van der Waals surface area contributed by atoms with E-state index < -0.39 is 0 Å². The van der Waals surface area contributed by atoms with Crippen LogP contribution in [0.3, 0.4) is 0 Å². The summed E-state index contributed by atoms with van der Waals surface area (Å²) in [5.41, 5.74) is 3.26. The van der Waals surface area contributed by atoms with Crippen molar-refractivity contribution in [2.24, 2.45) is 7.05 Å². The van der Waals surface area contributed by atoms with Crippen molar-refractivity contribution in [3.05, 3.63) is 64.8 Å². The van der Waals surface area contributed by atoms with Gasteiger partial charge in [0.25, 0.3) is 5.91 Å². The van der Waals surface area contributed by atoms with E-state index in [9.17, 15) is 9.90 Å². The first-order chi connectivity index (χ1) is 11.5. The number of amides is 1. The molecule has 1 aromatic heterocycles. The molecule has 2 N–H and O–H groups in total. The van der Waals surface area contributed by atoms with Crippen LogP contribution in [0.5, 0.6) is 5.75 Å². The zero-order valence-corrected chi connectivity index (χ0v) is 14.0. The Morgan fingerprint density at radius 1 is 1.21 bits per heavy atom. The van der Waals surface area contributed by atoms with Crippen LogP contribution in [0, 0.1) is 6.92 Å². The number of carbonyl (C=O) groups excluding carboxylic acids is 1. The molecule has 1 heterocycles. The number of anilines is 1. The van der Waals surface area contributed by atoms with Gasteiger partial charge in [0, 0.05) is 12.6 Å². The molecule has 0 radical (unpaired) electrons. The van der Waals surface area contributed by atoms with E-state index in [1.807, 2.05) is 26.1 Å². The molecule has 5 nitrogen and oxygen atoms in total. The van der Waals surface area contributed by atoms with Gasteiger partial charge in [-0.05, 0) is 37.3 Å². The van der Waals surface area contributed by atoms with Crippen LogP contribution >= 0.6 is 11.6 Å². The van der Waals surface area contributed by atoms with Crippen molar-refractivity contribution >= 4 is 23.2 Å². The van der Waals surface area contributed by atoms with Crippen molar-refractivity contribution in [3.63, 3.8) is 0 Å². The number of halogens is 1. The van der Waals surface area contributed by atoms with E-state index in [0.29, 0.717) is 16.3 Å². The lowest BCUT2D eigenvalue weighted by Gasteiger charge is -2.10. The Balaban J connectivity index is 1.87. The molecule has 122 valence electrons. The van der Waals surface area contributed by atoms with E-state index in [1.165, 1.54) is 0 Å². The third-order valence-electron chi connectivity index (χ3n) is 3.66. The fourth-order valence-corrected chi connectivity index (χ4v) is 2.73. The first kappa shape index (κ1) is 16.1. The van der Waals surface area contributed by atoms with Gasteiger partial charge in [0.15, 0.2) is 0 Å². The monoisotopic (exact) mass is 341 g/mol. The molecule has 0 atom stereocenters. The number of rotatable bonds is 3. The standard InChI is InChI=1S/C18H16ClN3O2/c1-11-9-16(22(2)21-11)12-7-8-15(17(23)10-12)20-18(24)13-5-3-4-6-14(13)19/h3-10,23H,1-2H3,(H,20,24). The van der Waals surface area contributed by atoms with Crippen LogP contribution in [-0.4, -0.2) is 20.8 Å². The first-order valence-electron chi connectivity index (χ1n) is 7.35. The first-order valence-corrected chi connectivity index (χ1v) is 7.73. The number of carbonyl (C=O) groups is 1. The molecule has 0 spiro atoms. The molecule has 0 aliphatic rings. The maximum atomic E-state index is 12.3. The largest absolute Gasteiger partial charge is 0.506 e. The van der Waals surface area contributed by atoms with Gasteiger partial charge in [0.2, 0.25) is 0 Å². The van der Waals surface area contributed by atoms with Crippen LogP contribution in [0.4, 0.5) is 5.69 Å². The second kappa shape index (κ2) is 6.37. The van der Waals surface area contributed by atoms with Crippen LogP contribution in [-0.2, 0) is 7.05 Å².